The number of halogens is 1. The molecular formula is C32H27IN2O5S. The van der Waals surface area contributed by atoms with Crippen LogP contribution in [0, 0.1) is 10.5 Å². The van der Waals surface area contributed by atoms with Crippen molar-refractivity contribution in [3.63, 3.8) is 0 Å². The third-order valence-corrected chi connectivity index (χ3v) is 8.07. The lowest BCUT2D eigenvalue weighted by atomic mass is 10.1. The molecule has 7 nitrogen and oxygen atoms in total. The predicted octanol–water partition coefficient (Wildman–Crippen LogP) is 7.41. The molecule has 41 heavy (non-hydrogen) atoms. The Morgan fingerprint density at radius 1 is 1.00 bits per heavy atom. The molecule has 4 aromatic rings. The maximum Gasteiger partial charge on any atom is 0.294 e. The second-order valence-corrected chi connectivity index (χ2v) is 11.5. The lowest BCUT2D eigenvalue weighted by Gasteiger charge is -2.16. The number of anilines is 1. The van der Waals surface area contributed by atoms with Crippen LogP contribution in [0.3, 0.4) is 0 Å². The van der Waals surface area contributed by atoms with Gasteiger partial charge in [-0.2, -0.15) is 0 Å². The topological polar surface area (TPSA) is 84.9 Å². The van der Waals surface area contributed by atoms with Crippen LogP contribution >= 0.6 is 34.4 Å². The summed E-state index contributed by atoms with van der Waals surface area (Å²) in [7, 11) is 0. The molecule has 0 aromatic heterocycles. The van der Waals surface area contributed by atoms with Gasteiger partial charge < -0.3 is 14.8 Å². The number of aryl methyl sites for hydroxylation is 1. The van der Waals surface area contributed by atoms with Crippen LogP contribution in [0.15, 0.2) is 83.8 Å². The third kappa shape index (κ3) is 6.74. The van der Waals surface area contributed by atoms with E-state index in [9.17, 15) is 14.4 Å². The quantitative estimate of drug-likeness (QED) is 0.147. The van der Waals surface area contributed by atoms with Crippen molar-refractivity contribution in [2.75, 3.05) is 18.5 Å². The molecule has 1 aliphatic heterocycles. The molecule has 0 bridgehead atoms. The number of fused-ring (bicyclic) bond motifs is 1. The summed E-state index contributed by atoms with van der Waals surface area (Å²) in [5, 5.41) is 4.52. The van der Waals surface area contributed by atoms with Crippen LogP contribution in [0.1, 0.15) is 23.6 Å². The number of hydrogen-bond donors (Lipinski definition) is 1. The second-order valence-electron chi connectivity index (χ2n) is 9.38. The summed E-state index contributed by atoms with van der Waals surface area (Å²) in [5.74, 6) is 0.199. The van der Waals surface area contributed by atoms with E-state index in [2.05, 4.69) is 46.1 Å². The Hall–Kier alpha value is -3.83. The van der Waals surface area contributed by atoms with Crippen LogP contribution in [0.4, 0.5) is 10.5 Å². The molecule has 9 heteroatoms. The largest absolute Gasteiger partial charge is 0.490 e. The molecule has 1 fully saturated rings. The number of nitrogens with one attached hydrogen (secondary N) is 1. The van der Waals surface area contributed by atoms with E-state index in [0.717, 1.165) is 42.1 Å². The summed E-state index contributed by atoms with van der Waals surface area (Å²) in [6.07, 6.45) is 1.64. The number of carbonyl (C=O) groups excluding carboxylic acids is 3. The van der Waals surface area contributed by atoms with E-state index in [4.69, 9.17) is 9.47 Å². The van der Waals surface area contributed by atoms with Crippen molar-refractivity contribution in [1.29, 1.82) is 0 Å². The van der Waals surface area contributed by atoms with Gasteiger partial charge in [0.25, 0.3) is 11.1 Å². The molecule has 0 spiro atoms. The Morgan fingerprint density at radius 2 is 1.78 bits per heavy atom. The molecule has 4 aromatic carbocycles. The van der Waals surface area contributed by atoms with Gasteiger partial charge in [0.05, 0.1) is 15.1 Å². The van der Waals surface area contributed by atoms with Crippen LogP contribution in [-0.4, -0.2) is 35.1 Å². The van der Waals surface area contributed by atoms with E-state index < -0.39 is 17.1 Å². The molecule has 0 atom stereocenters. The Labute approximate surface area is 256 Å². The maximum atomic E-state index is 13.1. The minimum atomic E-state index is -0.511. The first-order valence-electron chi connectivity index (χ1n) is 13.0. The van der Waals surface area contributed by atoms with Gasteiger partial charge in [-0.3, -0.25) is 19.3 Å². The Morgan fingerprint density at radius 3 is 2.59 bits per heavy atom. The lowest BCUT2D eigenvalue weighted by Crippen LogP contribution is -2.36. The second kappa shape index (κ2) is 12.8. The summed E-state index contributed by atoms with van der Waals surface area (Å²) in [6.45, 7) is 4.23. The number of imide groups is 1. The SMILES string of the molecule is CCOc1cc(/C=C2/SC(=O)N(CC(=O)Nc3cccc(C)c3)C2=O)cc(I)c1OCc1cccc2ccccc12. The molecule has 0 aliphatic carbocycles. The van der Waals surface area contributed by atoms with E-state index in [0.29, 0.717) is 36.0 Å². The highest BCUT2D eigenvalue weighted by molar-refractivity contribution is 14.1. The fourth-order valence-electron chi connectivity index (χ4n) is 4.50. The van der Waals surface area contributed by atoms with Gasteiger partial charge in [-0.1, -0.05) is 54.6 Å². The molecule has 5 rings (SSSR count). The van der Waals surface area contributed by atoms with Crippen molar-refractivity contribution in [1.82, 2.24) is 4.90 Å². The van der Waals surface area contributed by atoms with E-state index >= 15 is 0 Å². The van der Waals surface area contributed by atoms with Crippen molar-refractivity contribution >= 4 is 73.9 Å². The smallest absolute Gasteiger partial charge is 0.294 e. The van der Waals surface area contributed by atoms with Crippen LogP contribution in [-0.2, 0) is 16.2 Å². The number of carbonyl (C=O) groups is 3. The molecule has 1 saturated heterocycles. The first-order chi connectivity index (χ1) is 19.8. The molecule has 0 radical (unpaired) electrons. The minimum absolute atomic E-state index is 0.237. The van der Waals surface area contributed by atoms with Crippen molar-refractivity contribution < 1.29 is 23.9 Å². The van der Waals surface area contributed by atoms with E-state index in [1.165, 1.54) is 0 Å². The van der Waals surface area contributed by atoms with Gasteiger partial charge >= 0.3 is 0 Å². The molecule has 1 N–H and O–H groups in total. The number of thioether (sulfide) groups is 1. The molecular weight excluding hydrogens is 651 g/mol. The van der Waals surface area contributed by atoms with Gasteiger partial charge in [-0.15, -0.1) is 0 Å². The molecule has 1 aliphatic rings. The van der Waals surface area contributed by atoms with Crippen molar-refractivity contribution in [2.45, 2.75) is 20.5 Å². The molecule has 0 unspecified atom stereocenters. The number of amides is 3. The third-order valence-electron chi connectivity index (χ3n) is 6.36. The van der Waals surface area contributed by atoms with E-state index in [-0.39, 0.29) is 11.4 Å². The van der Waals surface area contributed by atoms with Crippen LogP contribution in [0.5, 0.6) is 11.5 Å². The predicted molar refractivity (Wildman–Crippen MR) is 171 cm³/mol. The van der Waals surface area contributed by atoms with Gasteiger partial charge in [0.15, 0.2) is 11.5 Å². The van der Waals surface area contributed by atoms with E-state index in [1.54, 1.807) is 18.2 Å². The van der Waals surface area contributed by atoms with Crippen molar-refractivity contribution in [3.05, 3.63) is 104 Å². The maximum absolute atomic E-state index is 13.1. The van der Waals surface area contributed by atoms with Gasteiger partial charge in [0, 0.05) is 5.69 Å². The summed E-state index contributed by atoms with van der Waals surface area (Å²) in [4.78, 5) is 39.4. The molecule has 1 heterocycles. The van der Waals surface area contributed by atoms with Gasteiger partial charge in [0.2, 0.25) is 5.91 Å². The summed E-state index contributed by atoms with van der Waals surface area (Å²) in [5.41, 5.74) is 3.34. The zero-order valence-corrected chi connectivity index (χ0v) is 25.5. The van der Waals surface area contributed by atoms with Crippen LogP contribution in [0.25, 0.3) is 16.8 Å². The van der Waals surface area contributed by atoms with Gasteiger partial charge in [0.1, 0.15) is 13.2 Å². The highest BCUT2D eigenvalue weighted by atomic mass is 127. The highest BCUT2D eigenvalue weighted by Crippen LogP contribution is 2.38. The number of rotatable bonds is 9. The average Bonchev–Trinajstić information content (AvgIpc) is 3.20. The Bertz CT molecular complexity index is 1680. The fourth-order valence-corrected chi connectivity index (χ4v) is 6.12. The van der Waals surface area contributed by atoms with E-state index in [1.807, 2.05) is 62.4 Å². The zero-order valence-electron chi connectivity index (χ0n) is 22.5. The molecule has 0 saturated carbocycles. The fraction of sp³-hybridized carbons (Fsp3) is 0.156. The summed E-state index contributed by atoms with van der Waals surface area (Å²) in [6, 6.07) is 25.3. The normalized spacial score (nSPS) is 14.1. The number of hydrogen-bond acceptors (Lipinski definition) is 6. The Kier molecular flexibility index (Phi) is 8.94. The summed E-state index contributed by atoms with van der Waals surface area (Å²) >= 11 is 2.99. The number of ether oxygens (including phenoxy) is 2. The van der Waals surface area contributed by atoms with Crippen LogP contribution < -0.4 is 14.8 Å². The first kappa shape index (κ1) is 28.7. The number of benzene rings is 4. The van der Waals surface area contributed by atoms with Crippen LogP contribution in [0.2, 0.25) is 0 Å². The van der Waals surface area contributed by atoms with Gasteiger partial charge in [-0.25, -0.2) is 0 Å². The van der Waals surface area contributed by atoms with Crippen molar-refractivity contribution in [3.8, 4) is 11.5 Å². The van der Waals surface area contributed by atoms with Crippen molar-refractivity contribution in [2.24, 2.45) is 0 Å². The standard InChI is InChI=1S/C32H27IN2O5S/c1-3-39-27-16-21(15-26(33)30(27)40-19-23-11-7-10-22-9-4-5-13-25(22)23)17-28-31(37)35(32(38)41-28)18-29(36)34-24-12-6-8-20(2)14-24/h4-17H,3,18-19H2,1-2H3,(H,34,36)/b28-17+. The summed E-state index contributed by atoms with van der Waals surface area (Å²) < 4.78 is 13.0. The first-order valence-corrected chi connectivity index (χ1v) is 14.9. The monoisotopic (exact) mass is 678 g/mol. The molecule has 208 valence electrons. The highest BCUT2D eigenvalue weighted by Gasteiger charge is 2.36. The molecule has 3 amide bonds. The Balaban J connectivity index is 1.32. The minimum Gasteiger partial charge on any atom is -0.490 e. The number of nitrogens with zero attached hydrogens (tertiary/aromatic N) is 1. The van der Waals surface area contributed by atoms with Gasteiger partial charge in [-0.05, 0) is 106 Å². The average molecular weight is 679 g/mol. The lowest BCUT2D eigenvalue weighted by molar-refractivity contribution is -0.127. The zero-order chi connectivity index (χ0) is 28.9.